The average Bonchev–Trinajstić information content (AvgIpc) is 3.42. The Morgan fingerprint density at radius 1 is 1.13 bits per heavy atom. The topological polar surface area (TPSA) is 67.9 Å². The summed E-state index contributed by atoms with van der Waals surface area (Å²) in [5, 5.41) is 0. The van der Waals surface area contributed by atoms with Gasteiger partial charge in [0.2, 0.25) is 5.95 Å². The van der Waals surface area contributed by atoms with Gasteiger partial charge in [0, 0.05) is 25.2 Å². The number of nitrogens with zero attached hydrogens (tertiary/aromatic N) is 6. The van der Waals surface area contributed by atoms with Crippen LogP contribution in [0, 0.1) is 0 Å². The van der Waals surface area contributed by atoms with Crippen molar-refractivity contribution in [2.45, 2.75) is 25.3 Å². The van der Waals surface area contributed by atoms with E-state index in [1.54, 1.807) is 12.3 Å². The Balaban J connectivity index is 1.48. The molecule has 160 valence electrons. The van der Waals surface area contributed by atoms with Gasteiger partial charge in [-0.15, -0.1) is 0 Å². The van der Waals surface area contributed by atoms with Crippen molar-refractivity contribution < 1.29 is 17.9 Å². The number of hydrogen-bond donors (Lipinski definition) is 0. The van der Waals surface area contributed by atoms with Crippen LogP contribution < -0.4 is 4.90 Å². The van der Waals surface area contributed by atoms with Crippen LogP contribution in [0.1, 0.15) is 12.5 Å². The molecule has 1 saturated heterocycles. The Morgan fingerprint density at radius 3 is 2.77 bits per heavy atom. The highest BCUT2D eigenvalue weighted by Crippen LogP contribution is 2.31. The van der Waals surface area contributed by atoms with Crippen LogP contribution in [-0.2, 0) is 10.9 Å². The molecule has 0 aliphatic carbocycles. The minimum atomic E-state index is -4.44. The molecule has 0 saturated carbocycles. The molecule has 0 N–H and O–H groups in total. The van der Waals surface area contributed by atoms with Crippen LogP contribution in [0.5, 0.6) is 0 Å². The Labute approximate surface area is 175 Å². The minimum Gasteiger partial charge on any atom is -0.367 e. The predicted octanol–water partition coefficient (Wildman–Crippen LogP) is 3.41. The lowest BCUT2D eigenvalue weighted by molar-refractivity contribution is -0.137. The third-order valence-electron chi connectivity index (χ3n) is 5.33. The Morgan fingerprint density at radius 2 is 2.00 bits per heavy atom. The van der Waals surface area contributed by atoms with Gasteiger partial charge in [0.15, 0.2) is 0 Å². The molecule has 0 radical (unpaired) electrons. The first-order valence-corrected chi connectivity index (χ1v) is 9.86. The van der Waals surface area contributed by atoms with Gasteiger partial charge < -0.3 is 9.64 Å². The normalized spacial score (nSPS) is 21.7. The number of halogens is 3. The van der Waals surface area contributed by atoms with Crippen molar-refractivity contribution in [1.29, 1.82) is 0 Å². The molecule has 0 aromatic carbocycles. The molecule has 0 amide bonds. The van der Waals surface area contributed by atoms with Crippen molar-refractivity contribution in [3.8, 4) is 11.4 Å². The molecule has 5 heterocycles. The Hall–Kier alpha value is -3.27. The average molecular weight is 428 g/mol. The lowest BCUT2D eigenvalue weighted by atomic mass is 10.1. The maximum Gasteiger partial charge on any atom is 0.417 e. The number of imidazole rings is 1. The van der Waals surface area contributed by atoms with Crippen LogP contribution in [0.2, 0.25) is 0 Å². The van der Waals surface area contributed by atoms with E-state index in [9.17, 15) is 13.2 Å². The van der Waals surface area contributed by atoms with E-state index in [1.165, 1.54) is 16.7 Å². The zero-order chi connectivity index (χ0) is 21.6. The number of hydrogen-bond acceptors (Lipinski definition) is 6. The molecule has 0 unspecified atom stereocenters. The Bertz CT molecular complexity index is 1190. The first-order chi connectivity index (χ1) is 14.9. The third kappa shape index (κ3) is 3.78. The fraction of sp³-hybridized carbons (Fsp3) is 0.333. The summed E-state index contributed by atoms with van der Waals surface area (Å²) in [4.78, 5) is 19.5. The maximum atomic E-state index is 13.2. The molecule has 7 nitrogen and oxygen atoms in total. The molecule has 1 fully saturated rings. The van der Waals surface area contributed by atoms with Crippen molar-refractivity contribution in [1.82, 2.24) is 19.4 Å². The number of aromatic nitrogens is 4. The highest BCUT2D eigenvalue weighted by molar-refractivity contribution is 5.82. The summed E-state index contributed by atoms with van der Waals surface area (Å²) < 4.78 is 47.0. The van der Waals surface area contributed by atoms with Crippen LogP contribution in [0.4, 0.5) is 19.1 Å². The van der Waals surface area contributed by atoms with E-state index in [2.05, 4.69) is 19.9 Å². The van der Waals surface area contributed by atoms with Crippen molar-refractivity contribution >= 4 is 17.8 Å². The van der Waals surface area contributed by atoms with Gasteiger partial charge in [0.05, 0.1) is 42.3 Å². The van der Waals surface area contributed by atoms with Crippen molar-refractivity contribution in [2.75, 3.05) is 24.5 Å². The highest BCUT2D eigenvalue weighted by Gasteiger charge is 2.32. The summed E-state index contributed by atoms with van der Waals surface area (Å²) in [6.07, 6.45) is 3.42. The molecular weight excluding hydrogens is 409 g/mol. The molecule has 5 rings (SSSR count). The van der Waals surface area contributed by atoms with Gasteiger partial charge in [0.1, 0.15) is 11.8 Å². The lowest BCUT2D eigenvalue weighted by Crippen LogP contribution is -2.48. The molecular formula is C21H19F3N6O. The summed E-state index contributed by atoms with van der Waals surface area (Å²) >= 11 is 0. The molecule has 3 aromatic heterocycles. The van der Waals surface area contributed by atoms with Crippen LogP contribution in [0.25, 0.3) is 17.0 Å². The van der Waals surface area contributed by atoms with Gasteiger partial charge in [0.25, 0.3) is 0 Å². The van der Waals surface area contributed by atoms with Crippen molar-refractivity contribution in [2.24, 2.45) is 4.99 Å². The number of aliphatic imine (C=N–C) groups is 1. The molecule has 2 aliphatic heterocycles. The minimum absolute atomic E-state index is 0.0361. The van der Waals surface area contributed by atoms with Crippen molar-refractivity contribution in [3.63, 3.8) is 0 Å². The first-order valence-electron chi connectivity index (χ1n) is 9.86. The molecule has 0 spiro atoms. The monoisotopic (exact) mass is 428 g/mol. The standard InChI is InChI=1S/C21H19F3N6O/c1-13-10-29(12-18(31-13)14-4-6-25-8-14)20-26-7-5-16(28-20)17-9-27-19-3-2-15(11-30(17)19)21(22,23)24/h2-5,7-9,11,13,18H,6,10,12H2,1H3/t13-,18+/m1/s1. The molecule has 0 bridgehead atoms. The fourth-order valence-corrected chi connectivity index (χ4v) is 3.86. The van der Waals surface area contributed by atoms with Crippen LogP contribution in [-0.4, -0.2) is 57.4 Å². The number of ether oxygens (including phenoxy) is 1. The molecule has 2 atom stereocenters. The lowest BCUT2D eigenvalue weighted by Gasteiger charge is -2.37. The van der Waals surface area contributed by atoms with E-state index < -0.39 is 11.7 Å². The van der Waals surface area contributed by atoms with Gasteiger partial charge in [-0.2, -0.15) is 13.2 Å². The zero-order valence-electron chi connectivity index (χ0n) is 16.6. The second kappa shape index (κ2) is 7.45. The second-order valence-corrected chi connectivity index (χ2v) is 7.57. The van der Waals surface area contributed by atoms with E-state index in [0.29, 0.717) is 42.6 Å². The fourth-order valence-electron chi connectivity index (χ4n) is 3.86. The van der Waals surface area contributed by atoms with Gasteiger partial charge in [-0.25, -0.2) is 15.0 Å². The highest BCUT2D eigenvalue weighted by atomic mass is 19.4. The van der Waals surface area contributed by atoms with Crippen LogP contribution >= 0.6 is 0 Å². The summed E-state index contributed by atoms with van der Waals surface area (Å²) in [7, 11) is 0. The largest absolute Gasteiger partial charge is 0.417 e. The molecule has 2 aliphatic rings. The van der Waals surface area contributed by atoms with Crippen LogP contribution in [0.3, 0.4) is 0 Å². The smallest absolute Gasteiger partial charge is 0.367 e. The van der Waals surface area contributed by atoms with E-state index in [1.807, 2.05) is 24.1 Å². The Kier molecular flexibility index (Phi) is 4.73. The number of rotatable bonds is 3. The first kappa shape index (κ1) is 19.7. The number of morpholine rings is 1. The predicted molar refractivity (Wildman–Crippen MR) is 109 cm³/mol. The van der Waals surface area contributed by atoms with E-state index in [4.69, 9.17) is 4.74 Å². The van der Waals surface area contributed by atoms with E-state index in [0.717, 1.165) is 17.8 Å². The quantitative estimate of drug-likeness (QED) is 0.640. The van der Waals surface area contributed by atoms with E-state index >= 15 is 0 Å². The zero-order valence-corrected chi connectivity index (χ0v) is 16.6. The SMILES string of the molecule is C[C@@H]1CN(c2nccc(-c3cnc4ccc(C(F)(F)F)cn34)n2)C[C@@H](C2=CCN=C2)O1. The van der Waals surface area contributed by atoms with Gasteiger partial charge >= 0.3 is 6.18 Å². The van der Waals surface area contributed by atoms with Gasteiger partial charge in [-0.1, -0.05) is 6.08 Å². The number of pyridine rings is 1. The number of fused-ring (bicyclic) bond motifs is 1. The second-order valence-electron chi connectivity index (χ2n) is 7.57. The number of anilines is 1. The molecule has 10 heteroatoms. The van der Waals surface area contributed by atoms with E-state index in [-0.39, 0.29) is 12.2 Å². The molecule has 3 aromatic rings. The maximum absolute atomic E-state index is 13.2. The summed E-state index contributed by atoms with van der Waals surface area (Å²) in [6, 6.07) is 4.04. The number of alkyl halides is 3. The van der Waals surface area contributed by atoms with Crippen molar-refractivity contribution in [3.05, 3.63) is 54.0 Å². The van der Waals surface area contributed by atoms with Gasteiger partial charge in [-0.05, 0) is 30.7 Å². The summed E-state index contributed by atoms with van der Waals surface area (Å²) in [5.41, 5.74) is 1.66. The van der Waals surface area contributed by atoms with Crippen LogP contribution in [0.15, 0.2) is 53.4 Å². The third-order valence-corrected chi connectivity index (χ3v) is 5.33. The summed E-state index contributed by atoms with van der Waals surface area (Å²) in [5.74, 6) is 0.495. The molecule has 31 heavy (non-hydrogen) atoms. The van der Waals surface area contributed by atoms with Gasteiger partial charge in [-0.3, -0.25) is 9.39 Å². The summed E-state index contributed by atoms with van der Waals surface area (Å²) in [6.45, 7) is 3.81.